The van der Waals surface area contributed by atoms with Gasteiger partial charge in [0.25, 0.3) is 0 Å². The highest BCUT2D eigenvalue weighted by atomic mass is 35.5. The van der Waals surface area contributed by atoms with Crippen molar-refractivity contribution in [2.75, 3.05) is 45.8 Å². The van der Waals surface area contributed by atoms with Crippen LogP contribution in [0.25, 0.3) is 10.9 Å². The van der Waals surface area contributed by atoms with Gasteiger partial charge < -0.3 is 19.3 Å². The van der Waals surface area contributed by atoms with Crippen molar-refractivity contribution in [3.05, 3.63) is 95.4 Å². The second-order valence-corrected chi connectivity index (χ2v) is 10.7. The highest BCUT2D eigenvalue weighted by Gasteiger charge is 2.29. The molecule has 0 aliphatic carbocycles. The van der Waals surface area contributed by atoms with Gasteiger partial charge in [0.1, 0.15) is 17.3 Å². The standard InChI is InChI=1S/C32H33FN4O4.2ClH/c33-28-8-4-7-27-26-13-14-36(30(38)21-34-15-17-35(18-16-34)22-31(39)40)20-29(26)37(32(27)28)19-23-9-11-25(12-10-23)41-24-5-2-1-3-6-24;;/h1-12H,13-22H2,(H,39,40);2*1H. The summed E-state index contributed by atoms with van der Waals surface area (Å²) in [7, 11) is 0. The van der Waals surface area contributed by atoms with Crippen LogP contribution in [0.1, 0.15) is 16.8 Å². The molecule has 0 atom stereocenters. The highest BCUT2D eigenvalue weighted by molar-refractivity contribution is 5.87. The minimum absolute atomic E-state index is 0. The number of para-hydroxylation sites is 2. The summed E-state index contributed by atoms with van der Waals surface area (Å²) in [6.45, 7) is 4.41. The zero-order valence-electron chi connectivity index (χ0n) is 23.7. The number of rotatable bonds is 8. The zero-order chi connectivity index (χ0) is 28.3. The predicted molar refractivity (Wildman–Crippen MR) is 168 cm³/mol. The third-order valence-corrected chi connectivity index (χ3v) is 8.01. The summed E-state index contributed by atoms with van der Waals surface area (Å²) in [4.78, 5) is 30.2. The molecule has 1 N–H and O–H groups in total. The highest BCUT2D eigenvalue weighted by Crippen LogP contribution is 2.33. The van der Waals surface area contributed by atoms with Crippen LogP contribution >= 0.6 is 24.8 Å². The minimum Gasteiger partial charge on any atom is -0.480 e. The molecule has 4 aromatic rings. The van der Waals surface area contributed by atoms with E-state index >= 15 is 4.39 Å². The van der Waals surface area contributed by atoms with Gasteiger partial charge in [0, 0.05) is 50.3 Å². The van der Waals surface area contributed by atoms with E-state index < -0.39 is 5.97 Å². The molecule has 0 radical (unpaired) electrons. The Labute approximate surface area is 262 Å². The fraction of sp³-hybridized carbons (Fsp3) is 0.312. The van der Waals surface area contributed by atoms with Gasteiger partial charge in [-0.1, -0.05) is 42.5 Å². The Balaban J connectivity index is 0.00000212. The molecule has 3 heterocycles. The van der Waals surface area contributed by atoms with E-state index in [4.69, 9.17) is 9.84 Å². The van der Waals surface area contributed by atoms with E-state index in [0.29, 0.717) is 64.3 Å². The lowest BCUT2D eigenvalue weighted by atomic mass is 10.0. The third-order valence-electron chi connectivity index (χ3n) is 8.01. The predicted octanol–water partition coefficient (Wildman–Crippen LogP) is 5.05. The van der Waals surface area contributed by atoms with Crippen LogP contribution < -0.4 is 4.74 Å². The number of ether oxygens (including phenoxy) is 1. The number of hydrogen-bond acceptors (Lipinski definition) is 5. The van der Waals surface area contributed by atoms with Gasteiger partial charge in [-0.2, -0.15) is 0 Å². The molecular weight excluding hydrogens is 594 g/mol. The average Bonchev–Trinajstić information content (AvgIpc) is 3.29. The van der Waals surface area contributed by atoms with Gasteiger partial charge in [-0.3, -0.25) is 19.4 Å². The second kappa shape index (κ2) is 14.2. The molecule has 1 saturated heterocycles. The fourth-order valence-electron chi connectivity index (χ4n) is 5.90. The number of carboxylic acids is 1. The van der Waals surface area contributed by atoms with E-state index in [2.05, 4.69) is 4.90 Å². The van der Waals surface area contributed by atoms with E-state index in [9.17, 15) is 9.59 Å². The van der Waals surface area contributed by atoms with Crippen LogP contribution in [0.3, 0.4) is 0 Å². The third kappa shape index (κ3) is 7.30. The van der Waals surface area contributed by atoms with Crippen molar-refractivity contribution in [2.24, 2.45) is 0 Å². The van der Waals surface area contributed by atoms with Gasteiger partial charge in [-0.25, -0.2) is 4.39 Å². The SMILES string of the molecule is Cl.Cl.O=C(O)CN1CCN(CC(=O)N2CCc3c(n(Cc4ccc(Oc5ccccc5)cc4)c4c(F)cccc34)C2)CC1. The van der Waals surface area contributed by atoms with Gasteiger partial charge in [-0.05, 0) is 47.9 Å². The number of nitrogens with zero attached hydrogens (tertiary/aromatic N) is 4. The second-order valence-electron chi connectivity index (χ2n) is 10.7. The van der Waals surface area contributed by atoms with Crippen LogP contribution in [-0.2, 0) is 29.1 Å². The topological polar surface area (TPSA) is 78.3 Å². The Morgan fingerprint density at radius 1 is 0.791 bits per heavy atom. The first-order valence-corrected chi connectivity index (χ1v) is 14.0. The van der Waals surface area contributed by atoms with Crippen LogP contribution in [0.4, 0.5) is 4.39 Å². The molecule has 228 valence electrons. The van der Waals surface area contributed by atoms with Crippen LogP contribution in [-0.4, -0.2) is 82.1 Å². The Morgan fingerprint density at radius 3 is 2.12 bits per heavy atom. The Bertz CT molecular complexity index is 1560. The molecule has 2 aliphatic rings. The molecule has 0 spiro atoms. The molecular formula is C32H35Cl2FN4O4. The normalized spacial score (nSPS) is 15.3. The number of amides is 1. The van der Waals surface area contributed by atoms with Crippen LogP contribution in [0.15, 0.2) is 72.8 Å². The van der Waals surface area contributed by atoms with Gasteiger partial charge in [0.15, 0.2) is 0 Å². The maximum Gasteiger partial charge on any atom is 0.317 e. The van der Waals surface area contributed by atoms with Crippen molar-refractivity contribution in [2.45, 2.75) is 19.5 Å². The van der Waals surface area contributed by atoms with E-state index in [-0.39, 0.29) is 43.1 Å². The van der Waals surface area contributed by atoms with Gasteiger partial charge >= 0.3 is 5.97 Å². The summed E-state index contributed by atoms with van der Waals surface area (Å²) in [5, 5.41) is 9.94. The number of aromatic nitrogens is 1. The molecule has 1 fully saturated rings. The Morgan fingerprint density at radius 2 is 1.44 bits per heavy atom. The van der Waals surface area contributed by atoms with Crippen LogP contribution in [0, 0.1) is 5.82 Å². The van der Waals surface area contributed by atoms with Gasteiger partial charge in [-0.15, -0.1) is 24.8 Å². The molecule has 0 unspecified atom stereocenters. The molecule has 43 heavy (non-hydrogen) atoms. The Hall–Kier alpha value is -3.63. The molecule has 8 nitrogen and oxygen atoms in total. The lowest BCUT2D eigenvalue weighted by Crippen LogP contribution is -2.51. The number of carbonyl (C=O) groups is 2. The van der Waals surface area contributed by atoms with E-state index in [0.717, 1.165) is 33.7 Å². The summed E-state index contributed by atoms with van der Waals surface area (Å²) in [6.07, 6.45) is 0.671. The maximum absolute atomic E-state index is 15.2. The maximum atomic E-state index is 15.2. The molecule has 11 heteroatoms. The number of benzene rings is 3. The first-order valence-electron chi connectivity index (χ1n) is 14.0. The number of piperazine rings is 1. The molecule has 0 saturated carbocycles. The first-order chi connectivity index (χ1) is 19.9. The first kappa shape index (κ1) is 32.3. The molecule has 2 aliphatic heterocycles. The Kier molecular flexibility index (Phi) is 10.7. The monoisotopic (exact) mass is 628 g/mol. The van der Waals surface area contributed by atoms with E-state index in [1.165, 1.54) is 6.07 Å². The summed E-state index contributed by atoms with van der Waals surface area (Å²) in [6, 6.07) is 22.6. The number of halogens is 3. The number of hydrogen-bond donors (Lipinski definition) is 1. The lowest BCUT2D eigenvalue weighted by molar-refractivity contribution is -0.139. The van der Waals surface area contributed by atoms with E-state index in [1.54, 1.807) is 6.07 Å². The number of aliphatic carboxylic acids is 1. The summed E-state index contributed by atoms with van der Waals surface area (Å²) >= 11 is 0. The quantitative estimate of drug-likeness (QED) is 0.294. The molecule has 3 aromatic carbocycles. The number of carbonyl (C=O) groups excluding carboxylic acids is 1. The average molecular weight is 630 g/mol. The molecule has 1 aromatic heterocycles. The van der Waals surface area contributed by atoms with Crippen molar-refractivity contribution in [3.8, 4) is 11.5 Å². The van der Waals surface area contributed by atoms with Crippen molar-refractivity contribution < 1.29 is 23.8 Å². The summed E-state index contributed by atoms with van der Waals surface area (Å²) in [5.74, 6) is 0.438. The smallest absolute Gasteiger partial charge is 0.317 e. The lowest BCUT2D eigenvalue weighted by Gasteiger charge is -2.35. The van der Waals surface area contributed by atoms with Crippen molar-refractivity contribution >= 4 is 47.6 Å². The van der Waals surface area contributed by atoms with Crippen LogP contribution in [0.2, 0.25) is 0 Å². The molecule has 1 amide bonds. The van der Waals surface area contributed by atoms with Gasteiger partial charge in [0.05, 0.1) is 25.2 Å². The van der Waals surface area contributed by atoms with Crippen molar-refractivity contribution in [3.63, 3.8) is 0 Å². The van der Waals surface area contributed by atoms with Crippen molar-refractivity contribution in [1.82, 2.24) is 19.3 Å². The largest absolute Gasteiger partial charge is 0.480 e. The summed E-state index contributed by atoms with van der Waals surface area (Å²) in [5.41, 5.74) is 3.66. The fourth-order valence-corrected chi connectivity index (χ4v) is 5.90. The molecule has 0 bridgehead atoms. The minimum atomic E-state index is -0.832. The molecule has 6 rings (SSSR count). The number of carboxylic acid groups (broad SMARTS) is 1. The van der Waals surface area contributed by atoms with Crippen molar-refractivity contribution in [1.29, 1.82) is 0 Å². The zero-order valence-corrected chi connectivity index (χ0v) is 25.3. The van der Waals surface area contributed by atoms with Gasteiger partial charge in [0.2, 0.25) is 5.91 Å². The van der Waals surface area contributed by atoms with Crippen LogP contribution in [0.5, 0.6) is 11.5 Å². The van der Waals surface area contributed by atoms with E-state index in [1.807, 2.05) is 75.0 Å². The number of fused-ring (bicyclic) bond motifs is 3. The summed E-state index contributed by atoms with van der Waals surface area (Å²) < 4.78 is 23.2.